The Morgan fingerprint density at radius 1 is 1.38 bits per heavy atom. The van der Waals surface area contributed by atoms with Crippen LogP contribution in [0.1, 0.15) is 40.0 Å². The summed E-state index contributed by atoms with van der Waals surface area (Å²) in [6.45, 7) is 6.03. The van der Waals surface area contributed by atoms with E-state index in [1.165, 1.54) is 0 Å². The van der Waals surface area contributed by atoms with E-state index in [1.807, 2.05) is 13.8 Å². The summed E-state index contributed by atoms with van der Waals surface area (Å²) in [5.41, 5.74) is 0. The number of hydrogen-bond donors (Lipinski definition) is 1. The molecule has 3 nitrogen and oxygen atoms in total. The highest BCUT2D eigenvalue weighted by Crippen LogP contribution is 2.15. The molecule has 3 heteroatoms. The Bertz CT molecular complexity index is 145. The van der Waals surface area contributed by atoms with Gasteiger partial charge in [0.2, 0.25) is 0 Å². The largest absolute Gasteiger partial charge is 0.466 e. The second-order valence-corrected chi connectivity index (χ2v) is 3.12. The molecular formula is C10H20O3. The van der Waals surface area contributed by atoms with E-state index >= 15 is 0 Å². The lowest BCUT2D eigenvalue weighted by Crippen LogP contribution is -2.29. The van der Waals surface area contributed by atoms with E-state index in [4.69, 9.17) is 4.74 Å². The van der Waals surface area contributed by atoms with Crippen LogP contribution in [0.4, 0.5) is 0 Å². The molecule has 0 heterocycles. The molecule has 0 aliphatic heterocycles. The van der Waals surface area contributed by atoms with E-state index in [-0.39, 0.29) is 11.9 Å². The van der Waals surface area contributed by atoms with Crippen LogP contribution in [0.2, 0.25) is 0 Å². The van der Waals surface area contributed by atoms with Crippen molar-refractivity contribution in [3.05, 3.63) is 0 Å². The van der Waals surface area contributed by atoms with Gasteiger partial charge in [-0.1, -0.05) is 20.3 Å². The maximum absolute atomic E-state index is 11.3. The van der Waals surface area contributed by atoms with E-state index < -0.39 is 6.10 Å². The first kappa shape index (κ1) is 12.4. The van der Waals surface area contributed by atoms with Crippen LogP contribution in [-0.2, 0) is 9.53 Å². The Hall–Kier alpha value is -0.570. The topological polar surface area (TPSA) is 46.5 Å². The van der Waals surface area contributed by atoms with Crippen molar-refractivity contribution >= 4 is 5.97 Å². The molecule has 0 aromatic heterocycles. The Balaban J connectivity index is 4.06. The van der Waals surface area contributed by atoms with Crippen LogP contribution < -0.4 is 0 Å². The average Bonchev–Trinajstić information content (AvgIpc) is 2.06. The zero-order valence-electron chi connectivity index (χ0n) is 8.75. The zero-order valence-corrected chi connectivity index (χ0v) is 8.75. The highest BCUT2D eigenvalue weighted by atomic mass is 16.5. The monoisotopic (exact) mass is 188 g/mol. The first-order chi connectivity index (χ1) is 6.17. The van der Waals surface area contributed by atoms with Crippen molar-refractivity contribution in [2.24, 2.45) is 5.92 Å². The van der Waals surface area contributed by atoms with Crippen LogP contribution in [0.3, 0.4) is 0 Å². The molecule has 0 amide bonds. The summed E-state index contributed by atoms with van der Waals surface area (Å²) in [5, 5.41) is 9.61. The Labute approximate surface area is 80.1 Å². The minimum absolute atomic E-state index is 0.272. The molecule has 1 N–H and O–H groups in total. The number of hydrogen-bond acceptors (Lipinski definition) is 3. The molecular weight excluding hydrogens is 168 g/mol. The standard InChI is InChI=1S/C10H20O3/c1-4-7-9(11)8(5-2)10(12)13-6-3/h8-9,11H,4-7H2,1-3H3. The molecule has 0 aromatic carbocycles. The second kappa shape index (κ2) is 6.89. The van der Waals surface area contributed by atoms with Crippen molar-refractivity contribution in [2.75, 3.05) is 6.61 Å². The van der Waals surface area contributed by atoms with Gasteiger partial charge in [0.25, 0.3) is 0 Å². The zero-order chi connectivity index (χ0) is 10.3. The second-order valence-electron chi connectivity index (χ2n) is 3.12. The quantitative estimate of drug-likeness (QED) is 0.646. The molecule has 2 atom stereocenters. The van der Waals surface area contributed by atoms with Gasteiger partial charge < -0.3 is 9.84 Å². The number of esters is 1. The number of aliphatic hydroxyl groups excluding tert-OH is 1. The summed E-state index contributed by atoms with van der Waals surface area (Å²) in [7, 11) is 0. The average molecular weight is 188 g/mol. The lowest BCUT2D eigenvalue weighted by atomic mass is 9.96. The van der Waals surface area contributed by atoms with Gasteiger partial charge in [0.05, 0.1) is 18.6 Å². The van der Waals surface area contributed by atoms with Gasteiger partial charge in [-0.05, 0) is 19.8 Å². The van der Waals surface area contributed by atoms with Crippen molar-refractivity contribution in [1.29, 1.82) is 0 Å². The van der Waals surface area contributed by atoms with E-state index in [2.05, 4.69) is 0 Å². The molecule has 0 fully saturated rings. The summed E-state index contributed by atoms with van der Waals surface area (Å²) in [6.07, 6.45) is 1.64. The van der Waals surface area contributed by atoms with Gasteiger partial charge >= 0.3 is 5.97 Å². The van der Waals surface area contributed by atoms with Crippen molar-refractivity contribution in [1.82, 2.24) is 0 Å². The number of rotatable bonds is 6. The fourth-order valence-electron chi connectivity index (χ4n) is 1.34. The van der Waals surface area contributed by atoms with Gasteiger partial charge in [-0.3, -0.25) is 4.79 Å². The van der Waals surface area contributed by atoms with Crippen LogP contribution in [-0.4, -0.2) is 23.8 Å². The smallest absolute Gasteiger partial charge is 0.311 e. The van der Waals surface area contributed by atoms with Crippen molar-refractivity contribution in [3.8, 4) is 0 Å². The molecule has 13 heavy (non-hydrogen) atoms. The molecule has 0 radical (unpaired) electrons. The fraction of sp³-hybridized carbons (Fsp3) is 0.900. The molecule has 0 aliphatic carbocycles. The number of ether oxygens (including phenoxy) is 1. The predicted molar refractivity (Wildman–Crippen MR) is 51.3 cm³/mol. The molecule has 0 bridgehead atoms. The summed E-state index contributed by atoms with van der Waals surface area (Å²) in [5.74, 6) is -0.620. The van der Waals surface area contributed by atoms with Gasteiger partial charge in [-0.2, -0.15) is 0 Å². The normalized spacial score (nSPS) is 15.1. The number of aliphatic hydroxyl groups is 1. The minimum Gasteiger partial charge on any atom is -0.466 e. The van der Waals surface area contributed by atoms with Crippen LogP contribution in [0.5, 0.6) is 0 Å². The lowest BCUT2D eigenvalue weighted by Gasteiger charge is -2.18. The fourth-order valence-corrected chi connectivity index (χ4v) is 1.34. The van der Waals surface area contributed by atoms with Gasteiger partial charge in [-0.25, -0.2) is 0 Å². The Morgan fingerprint density at radius 3 is 2.38 bits per heavy atom. The van der Waals surface area contributed by atoms with Crippen molar-refractivity contribution < 1.29 is 14.6 Å². The predicted octanol–water partition coefficient (Wildman–Crippen LogP) is 1.74. The molecule has 2 unspecified atom stereocenters. The number of carbonyl (C=O) groups excluding carboxylic acids is 1. The van der Waals surface area contributed by atoms with Gasteiger partial charge in [0, 0.05) is 0 Å². The van der Waals surface area contributed by atoms with E-state index in [0.717, 1.165) is 6.42 Å². The van der Waals surface area contributed by atoms with E-state index in [0.29, 0.717) is 19.4 Å². The third-order valence-corrected chi connectivity index (χ3v) is 2.08. The highest BCUT2D eigenvalue weighted by molar-refractivity contribution is 5.72. The molecule has 78 valence electrons. The lowest BCUT2D eigenvalue weighted by molar-refractivity contribution is -0.152. The third-order valence-electron chi connectivity index (χ3n) is 2.08. The summed E-state index contributed by atoms with van der Waals surface area (Å²) >= 11 is 0. The molecule has 0 saturated heterocycles. The number of carbonyl (C=O) groups is 1. The van der Waals surface area contributed by atoms with Crippen LogP contribution in [0.25, 0.3) is 0 Å². The highest BCUT2D eigenvalue weighted by Gasteiger charge is 2.25. The molecule has 0 aliphatic rings. The molecule has 0 saturated carbocycles. The molecule has 0 aromatic rings. The van der Waals surface area contributed by atoms with Crippen LogP contribution >= 0.6 is 0 Å². The van der Waals surface area contributed by atoms with Gasteiger partial charge in [-0.15, -0.1) is 0 Å². The SMILES string of the molecule is CCCC(O)C(CC)C(=O)OCC. The van der Waals surface area contributed by atoms with E-state index in [1.54, 1.807) is 6.92 Å². The molecule has 0 spiro atoms. The maximum atomic E-state index is 11.3. The van der Waals surface area contributed by atoms with Crippen molar-refractivity contribution in [2.45, 2.75) is 46.1 Å². The van der Waals surface area contributed by atoms with Crippen LogP contribution in [0.15, 0.2) is 0 Å². The molecule has 0 rings (SSSR count). The summed E-state index contributed by atoms with van der Waals surface area (Å²) in [6, 6.07) is 0. The first-order valence-electron chi connectivity index (χ1n) is 5.01. The summed E-state index contributed by atoms with van der Waals surface area (Å²) in [4.78, 5) is 11.3. The first-order valence-corrected chi connectivity index (χ1v) is 5.01. The maximum Gasteiger partial charge on any atom is 0.311 e. The summed E-state index contributed by atoms with van der Waals surface area (Å²) < 4.78 is 4.86. The van der Waals surface area contributed by atoms with Gasteiger partial charge in [0.15, 0.2) is 0 Å². The van der Waals surface area contributed by atoms with Crippen molar-refractivity contribution in [3.63, 3.8) is 0 Å². The Morgan fingerprint density at radius 2 is 2.00 bits per heavy atom. The van der Waals surface area contributed by atoms with Gasteiger partial charge in [0.1, 0.15) is 0 Å². The van der Waals surface area contributed by atoms with Crippen LogP contribution in [0, 0.1) is 5.92 Å². The van der Waals surface area contributed by atoms with E-state index in [9.17, 15) is 9.90 Å². The third kappa shape index (κ3) is 4.27. The minimum atomic E-state index is -0.547. The Kier molecular flexibility index (Phi) is 6.59.